The van der Waals surface area contributed by atoms with Crippen molar-refractivity contribution >= 4 is 41.0 Å². The van der Waals surface area contributed by atoms with Gasteiger partial charge in [-0.15, -0.1) is 0 Å². The second-order valence-corrected chi connectivity index (χ2v) is 11.1. The number of ether oxygens (including phenoxy) is 2. The normalized spacial score (nSPS) is 34.0. The van der Waals surface area contributed by atoms with E-state index in [1.807, 2.05) is 6.92 Å². The minimum Gasteiger partial charge on any atom is -0.460 e. The fourth-order valence-corrected chi connectivity index (χ4v) is 6.53. The molecule has 4 aliphatic heterocycles. The average molecular weight is 572 g/mol. The van der Waals surface area contributed by atoms with Crippen molar-refractivity contribution in [2.24, 2.45) is 11.8 Å². The second-order valence-electron chi connectivity index (χ2n) is 10.7. The number of hydrogen-bond donors (Lipinski definition) is 2. The van der Waals surface area contributed by atoms with Gasteiger partial charge in [0.25, 0.3) is 5.91 Å². The molecule has 0 bridgehead atoms. The Bertz CT molecular complexity index is 1250. The lowest BCUT2D eigenvalue weighted by molar-refractivity contribution is -0.159. The highest BCUT2D eigenvalue weighted by atomic mass is 35.5. The van der Waals surface area contributed by atoms with E-state index in [-0.39, 0.29) is 32.0 Å². The number of aliphatic hydroxyl groups excluding tert-OH is 1. The Morgan fingerprint density at radius 2 is 1.95 bits per heavy atom. The highest BCUT2D eigenvalue weighted by molar-refractivity contribution is 6.34. The second kappa shape index (κ2) is 11.3. The smallest absolute Gasteiger partial charge is 0.313 e. The summed E-state index contributed by atoms with van der Waals surface area (Å²) in [5.74, 6) is -3.76. The topological polar surface area (TPSA) is 125 Å². The molecule has 0 unspecified atom stereocenters. The predicted octanol–water partition coefficient (Wildman–Crippen LogP) is 1.99. The van der Waals surface area contributed by atoms with Gasteiger partial charge in [-0.1, -0.05) is 55.0 Å². The first-order chi connectivity index (χ1) is 19.2. The molecule has 2 N–H and O–H groups in total. The molecule has 2 fully saturated rings. The molecule has 2 saturated heterocycles. The molecule has 10 nitrogen and oxygen atoms in total. The zero-order chi connectivity index (χ0) is 28.6. The monoisotopic (exact) mass is 571 g/mol. The number of carbonyl (C=O) groups excluding carboxylic acids is 4. The summed E-state index contributed by atoms with van der Waals surface area (Å²) < 4.78 is 12.3. The fourth-order valence-electron chi connectivity index (χ4n) is 6.30. The van der Waals surface area contributed by atoms with Crippen LogP contribution in [0.3, 0.4) is 0 Å². The van der Waals surface area contributed by atoms with Gasteiger partial charge in [-0.05, 0) is 31.9 Å². The summed E-state index contributed by atoms with van der Waals surface area (Å²) in [5.41, 5.74) is -0.998. The third kappa shape index (κ3) is 4.71. The minimum absolute atomic E-state index is 0.138. The number of nitrogens with zero attached hydrogens (tertiary/aromatic N) is 2. The Morgan fingerprint density at radius 1 is 1.18 bits per heavy atom. The number of halogens is 1. The molecule has 214 valence electrons. The number of carbonyl (C=O) groups is 4. The van der Waals surface area contributed by atoms with Gasteiger partial charge in [0.2, 0.25) is 11.8 Å². The Morgan fingerprint density at radius 3 is 2.67 bits per heavy atom. The first-order valence-electron chi connectivity index (χ1n) is 13.7. The van der Waals surface area contributed by atoms with E-state index in [1.54, 1.807) is 55.5 Å². The number of amides is 3. The molecule has 40 heavy (non-hydrogen) atoms. The maximum Gasteiger partial charge on any atom is 0.313 e. The number of cyclic esters (lactones) is 1. The Balaban J connectivity index is 1.63. The van der Waals surface area contributed by atoms with Crippen molar-refractivity contribution in [3.05, 3.63) is 53.6 Å². The first-order valence-corrected chi connectivity index (χ1v) is 14.1. The largest absolute Gasteiger partial charge is 0.460 e. The Labute approximate surface area is 237 Å². The van der Waals surface area contributed by atoms with E-state index in [9.17, 15) is 24.3 Å². The number of esters is 1. The zero-order valence-electron chi connectivity index (χ0n) is 22.5. The van der Waals surface area contributed by atoms with E-state index in [2.05, 4.69) is 5.32 Å². The van der Waals surface area contributed by atoms with E-state index >= 15 is 0 Å². The summed E-state index contributed by atoms with van der Waals surface area (Å²) in [6, 6.07) is 5.13. The van der Waals surface area contributed by atoms with Crippen molar-refractivity contribution in [2.75, 3.05) is 24.6 Å². The number of rotatable bonds is 4. The van der Waals surface area contributed by atoms with Gasteiger partial charge in [-0.25, -0.2) is 0 Å². The summed E-state index contributed by atoms with van der Waals surface area (Å²) >= 11 is 6.48. The molecule has 1 aromatic rings. The van der Waals surface area contributed by atoms with Crippen LogP contribution in [0.1, 0.15) is 33.1 Å². The molecule has 0 saturated carbocycles. The summed E-state index contributed by atoms with van der Waals surface area (Å²) in [7, 11) is 0. The summed E-state index contributed by atoms with van der Waals surface area (Å²) in [4.78, 5) is 57.4. The van der Waals surface area contributed by atoms with Crippen LogP contribution in [-0.2, 0) is 28.7 Å². The summed E-state index contributed by atoms with van der Waals surface area (Å²) in [6.45, 7) is 3.44. The molecule has 7 atom stereocenters. The summed E-state index contributed by atoms with van der Waals surface area (Å²) in [6.07, 6.45) is 6.48. The van der Waals surface area contributed by atoms with Gasteiger partial charge in [-0.3, -0.25) is 19.2 Å². The molecule has 4 heterocycles. The molecule has 0 aliphatic carbocycles. The van der Waals surface area contributed by atoms with Crippen LogP contribution < -0.4 is 10.2 Å². The maximum absolute atomic E-state index is 14.4. The number of fused-ring (bicyclic) bond motifs is 2. The van der Waals surface area contributed by atoms with Crippen molar-refractivity contribution in [3.8, 4) is 0 Å². The quantitative estimate of drug-likeness (QED) is 0.418. The van der Waals surface area contributed by atoms with Crippen LogP contribution in [0, 0.1) is 11.8 Å². The molecule has 3 amide bonds. The van der Waals surface area contributed by atoms with E-state index in [0.717, 1.165) is 0 Å². The third-order valence-corrected chi connectivity index (χ3v) is 8.51. The molecule has 1 spiro atoms. The number of likely N-dealkylation sites (tertiary alicyclic amines) is 1. The Kier molecular flexibility index (Phi) is 8.03. The van der Waals surface area contributed by atoms with Gasteiger partial charge < -0.3 is 29.7 Å². The van der Waals surface area contributed by atoms with Crippen LogP contribution in [0.4, 0.5) is 5.69 Å². The number of nitrogens with one attached hydrogen (secondary N) is 1. The molecular weight excluding hydrogens is 538 g/mol. The molecule has 0 radical (unpaired) electrons. The van der Waals surface area contributed by atoms with E-state index in [0.29, 0.717) is 23.6 Å². The minimum atomic E-state index is -1.48. The lowest BCUT2D eigenvalue weighted by Crippen LogP contribution is -2.58. The molecule has 5 rings (SSSR count). The summed E-state index contributed by atoms with van der Waals surface area (Å²) in [5, 5.41) is 13.4. The van der Waals surface area contributed by atoms with Crippen LogP contribution in [-0.4, -0.2) is 83.3 Å². The van der Waals surface area contributed by atoms with Gasteiger partial charge >= 0.3 is 5.97 Å². The van der Waals surface area contributed by atoms with Crippen LogP contribution in [0.15, 0.2) is 48.6 Å². The maximum atomic E-state index is 14.4. The van der Waals surface area contributed by atoms with Gasteiger partial charge in [-0.2, -0.15) is 0 Å². The van der Waals surface area contributed by atoms with Gasteiger partial charge in [0, 0.05) is 13.0 Å². The van der Waals surface area contributed by atoms with E-state index < -0.39 is 59.5 Å². The average Bonchev–Trinajstić information content (AvgIpc) is 3.32. The third-order valence-electron chi connectivity index (χ3n) is 8.19. The Hall–Kier alpha value is -3.21. The van der Waals surface area contributed by atoms with E-state index in [1.165, 1.54) is 9.80 Å². The molecule has 1 aromatic carbocycles. The predicted molar refractivity (Wildman–Crippen MR) is 146 cm³/mol. The standard InChI is InChI=1S/C29H34ClN3O7/c1-3-18(16-34)33-25-27(37)32(20-10-5-4-9-19(20)30)14-8-13-29(25)24(26(33)36)23-21(40-29)11-6-7-12-22(35)31-15-17(2)39-28(23)38/h4-6,8-11,13,17-18,21,23-25,34H,3,7,12,14-16H2,1-2H3,(H,31,35)/b11-6-/t17-,18-,21-,23+,24+,25-,29+/m0/s1. The van der Waals surface area contributed by atoms with Crippen molar-refractivity contribution in [1.82, 2.24) is 10.2 Å². The lowest BCUT2D eigenvalue weighted by Gasteiger charge is -2.38. The van der Waals surface area contributed by atoms with Crippen LogP contribution >= 0.6 is 11.6 Å². The molecule has 11 heteroatoms. The lowest BCUT2D eigenvalue weighted by atomic mass is 9.78. The van der Waals surface area contributed by atoms with Gasteiger partial charge in [0.1, 0.15) is 23.7 Å². The van der Waals surface area contributed by atoms with Crippen molar-refractivity contribution in [3.63, 3.8) is 0 Å². The highest BCUT2D eigenvalue weighted by Crippen LogP contribution is 2.54. The molecular formula is C29H34ClN3O7. The number of allylic oxidation sites excluding steroid dienone is 1. The van der Waals surface area contributed by atoms with Crippen molar-refractivity contribution in [1.29, 1.82) is 0 Å². The van der Waals surface area contributed by atoms with Crippen LogP contribution in [0.2, 0.25) is 5.02 Å². The van der Waals surface area contributed by atoms with Crippen LogP contribution in [0.25, 0.3) is 0 Å². The van der Waals surface area contributed by atoms with Crippen molar-refractivity contribution in [2.45, 2.75) is 63.0 Å². The number of aliphatic hydroxyl groups is 1. The number of anilines is 1. The molecule has 0 aromatic heterocycles. The molecule has 4 aliphatic rings. The number of hydrogen-bond acceptors (Lipinski definition) is 7. The number of benzene rings is 1. The SMILES string of the molecule is CC[C@@H](CO)N1C(=O)[C@H]2[C@@H]3C(=O)O[C@@H](C)CNC(=O)CC/C=C\[C@@H]3O[C@]23C=CCN(c2ccccc2Cl)C(=O)[C@H]13. The zero-order valence-corrected chi connectivity index (χ0v) is 23.3. The van der Waals surface area contributed by atoms with Crippen molar-refractivity contribution < 1.29 is 33.8 Å². The van der Waals surface area contributed by atoms with Gasteiger partial charge in [0.15, 0.2) is 0 Å². The highest BCUT2D eigenvalue weighted by Gasteiger charge is 2.72. The number of para-hydroxylation sites is 1. The van der Waals surface area contributed by atoms with E-state index in [4.69, 9.17) is 21.1 Å². The van der Waals surface area contributed by atoms with Gasteiger partial charge in [0.05, 0.1) is 41.9 Å². The first kappa shape index (κ1) is 28.3. The van der Waals surface area contributed by atoms with Crippen LogP contribution in [0.5, 0.6) is 0 Å². The fraction of sp³-hybridized carbons (Fsp3) is 0.517.